The number of hydrogen-bond acceptors (Lipinski definition) is 5. The van der Waals surface area contributed by atoms with Gasteiger partial charge in [-0.15, -0.1) is 0 Å². The van der Waals surface area contributed by atoms with Crippen LogP contribution in [0, 0.1) is 0 Å². The number of fused-ring (bicyclic) bond motifs is 2. The Morgan fingerprint density at radius 3 is 1.73 bits per heavy atom. The number of aromatic hydroxyl groups is 1. The van der Waals surface area contributed by atoms with E-state index in [-0.39, 0.29) is 28.2 Å². The van der Waals surface area contributed by atoms with E-state index < -0.39 is 5.78 Å². The van der Waals surface area contributed by atoms with E-state index >= 15 is 0 Å². The summed E-state index contributed by atoms with van der Waals surface area (Å²) < 4.78 is 11.6. The lowest BCUT2D eigenvalue weighted by atomic mass is 9.82. The van der Waals surface area contributed by atoms with Gasteiger partial charge in [0.2, 0.25) is 5.78 Å². The molecule has 0 unspecified atom stereocenters. The average molecular weight is 567 g/mol. The van der Waals surface area contributed by atoms with Crippen LogP contribution in [0.3, 0.4) is 0 Å². The molecular weight excluding hydrogens is 514 g/mol. The molecule has 0 atom stereocenters. The summed E-state index contributed by atoms with van der Waals surface area (Å²) in [7, 11) is 7.39. The van der Waals surface area contributed by atoms with Crippen molar-refractivity contribution in [3.63, 3.8) is 0 Å². The molecule has 2 aromatic rings. The zero-order valence-corrected chi connectivity index (χ0v) is 26.2. The second-order valence-corrected chi connectivity index (χ2v) is 12.4. The molecule has 0 fully saturated rings. The van der Waals surface area contributed by atoms with Gasteiger partial charge in [-0.25, -0.2) is 0 Å². The van der Waals surface area contributed by atoms with Crippen LogP contribution in [-0.2, 0) is 6.54 Å². The lowest BCUT2D eigenvalue weighted by Gasteiger charge is -2.31. The van der Waals surface area contributed by atoms with Crippen molar-refractivity contribution in [2.24, 2.45) is 0 Å². The smallest absolute Gasteiger partial charge is 0.201 e. The van der Waals surface area contributed by atoms with Crippen molar-refractivity contribution < 1.29 is 28.7 Å². The summed E-state index contributed by atoms with van der Waals surface area (Å²) in [6.07, 6.45) is 18.9. The van der Waals surface area contributed by atoms with Gasteiger partial charge in [-0.05, 0) is 31.0 Å². The van der Waals surface area contributed by atoms with Crippen molar-refractivity contribution >= 4 is 11.6 Å². The number of quaternary nitrogens is 1. The van der Waals surface area contributed by atoms with Gasteiger partial charge >= 0.3 is 0 Å². The Bertz CT molecular complexity index is 1170. The fraction of sp³-hybridized carbons (Fsp3) is 0.600. The Hall–Kier alpha value is -2.86. The predicted molar refractivity (Wildman–Crippen MR) is 166 cm³/mol. The lowest BCUT2D eigenvalue weighted by Crippen LogP contribution is -2.39. The fourth-order valence-corrected chi connectivity index (χ4v) is 6.05. The van der Waals surface area contributed by atoms with Gasteiger partial charge in [-0.1, -0.05) is 84.0 Å². The second kappa shape index (κ2) is 16.0. The molecule has 1 aliphatic rings. The monoisotopic (exact) mass is 566 g/mol. The van der Waals surface area contributed by atoms with Gasteiger partial charge in [0.25, 0.3) is 0 Å². The maximum Gasteiger partial charge on any atom is 0.201 e. The van der Waals surface area contributed by atoms with Crippen molar-refractivity contribution in [2.45, 2.75) is 103 Å². The van der Waals surface area contributed by atoms with Crippen LogP contribution in [0.25, 0.3) is 0 Å². The third-order valence-corrected chi connectivity index (χ3v) is 8.38. The minimum atomic E-state index is -0.408. The molecule has 2 aromatic carbocycles. The molecule has 0 aliphatic heterocycles. The molecule has 1 aliphatic carbocycles. The van der Waals surface area contributed by atoms with Crippen LogP contribution in [-0.4, -0.2) is 56.0 Å². The van der Waals surface area contributed by atoms with E-state index in [1.807, 2.05) is 12.1 Å². The number of methoxy groups -OCH3 is 2. The first kappa shape index (κ1) is 32.7. The number of ether oxygens (including phenoxy) is 2. The molecule has 0 bridgehead atoms. The number of carbonyl (C=O) groups is 2. The Morgan fingerprint density at radius 2 is 1.20 bits per heavy atom. The molecule has 0 radical (unpaired) electrons. The average Bonchev–Trinajstić information content (AvgIpc) is 2.94. The van der Waals surface area contributed by atoms with Gasteiger partial charge in [0.15, 0.2) is 5.78 Å². The molecule has 6 heteroatoms. The van der Waals surface area contributed by atoms with Gasteiger partial charge in [0, 0.05) is 22.8 Å². The highest BCUT2D eigenvalue weighted by Gasteiger charge is 2.36. The molecule has 226 valence electrons. The van der Waals surface area contributed by atoms with Crippen LogP contribution in [0.15, 0.2) is 24.3 Å². The van der Waals surface area contributed by atoms with Crippen LogP contribution < -0.4 is 9.47 Å². The van der Waals surface area contributed by atoms with Crippen molar-refractivity contribution in [1.29, 1.82) is 0 Å². The number of phenols is 1. The van der Waals surface area contributed by atoms with E-state index in [2.05, 4.69) is 21.0 Å². The largest absolute Gasteiger partial charge is 0.507 e. The number of phenolic OH excluding ortho intramolecular Hbond substituents is 1. The van der Waals surface area contributed by atoms with Gasteiger partial charge in [-0.3, -0.25) is 9.59 Å². The van der Waals surface area contributed by atoms with Gasteiger partial charge in [0.1, 0.15) is 23.8 Å². The molecule has 3 rings (SSSR count). The number of benzene rings is 2. The summed E-state index contributed by atoms with van der Waals surface area (Å²) in [5.74, 6) is -0.274. The normalized spacial score (nSPS) is 12.8. The molecule has 1 N–H and O–H groups in total. The number of ketones is 2. The van der Waals surface area contributed by atoms with Gasteiger partial charge in [0.05, 0.1) is 46.0 Å². The first-order valence-corrected chi connectivity index (χ1v) is 15.8. The lowest BCUT2D eigenvalue weighted by molar-refractivity contribution is -0.903. The summed E-state index contributed by atoms with van der Waals surface area (Å²) >= 11 is 0. The summed E-state index contributed by atoms with van der Waals surface area (Å²) in [6, 6.07) is 6.56. The molecule has 0 saturated carbocycles. The third kappa shape index (κ3) is 9.06. The highest BCUT2D eigenvalue weighted by atomic mass is 16.5. The van der Waals surface area contributed by atoms with Crippen LogP contribution in [0.5, 0.6) is 17.2 Å². The quantitative estimate of drug-likeness (QED) is 0.117. The first-order chi connectivity index (χ1) is 19.7. The van der Waals surface area contributed by atoms with Crippen LogP contribution in [0.1, 0.15) is 134 Å². The standard InChI is InChI=1S/C35H51NO5/c1-6-7-8-9-10-11-12-13-14-15-16-17-18-19-20-36(2,3)25-26-21-28-33(31(22-26)41-5)35(39)32-29(34(28)38)23-27(40-4)24-30(32)37/h21-24H,6-20,25H2,1-5H3/p+1. The second-order valence-electron chi connectivity index (χ2n) is 12.4. The van der Waals surface area contributed by atoms with E-state index in [0.717, 1.165) is 29.6 Å². The molecule has 6 nitrogen and oxygen atoms in total. The highest BCUT2D eigenvalue weighted by Crippen LogP contribution is 2.40. The molecule has 0 spiro atoms. The van der Waals surface area contributed by atoms with Crippen LogP contribution >= 0.6 is 0 Å². The SMILES string of the molecule is CCCCCCCCCCCCCCCC[N+](C)(C)Cc1cc(OC)c2c(c1)C(=O)c1cc(OC)cc(O)c1C2=O. The minimum Gasteiger partial charge on any atom is -0.507 e. The maximum atomic E-state index is 13.5. The molecule has 0 saturated heterocycles. The zero-order chi connectivity index (χ0) is 29.8. The third-order valence-electron chi connectivity index (χ3n) is 8.38. The van der Waals surface area contributed by atoms with Crippen molar-refractivity contribution in [3.05, 3.63) is 52.1 Å². The van der Waals surface area contributed by atoms with E-state index in [1.54, 1.807) is 0 Å². The molecule has 0 aromatic heterocycles. The topological polar surface area (TPSA) is 72.8 Å². The highest BCUT2D eigenvalue weighted by molar-refractivity contribution is 6.30. The number of carbonyl (C=O) groups excluding carboxylic acids is 2. The van der Waals surface area contributed by atoms with Crippen LogP contribution in [0.4, 0.5) is 0 Å². The van der Waals surface area contributed by atoms with Crippen molar-refractivity contribution in [1.82, 2.24) is 0 Å². The molecule has 41 heavy (non-hydrogen) atoms. The van der Waals surface area contributed by atoms with E-state index in [9.17, 15) is 14.7 Å². The summed E-state index contributed by atoms with van der Waals surface area (Å²) in [5, 5.41) is 10.5. The summed E-state index contributed by atoms with van der Waals surface area (Å²) in [4.78, 5) is 26.9. The molecule has 0 heterocycles. The summed E-state index contributed by atoms with van der Waals surface area (Å²) in [6.45, 7) is 4.03. The predicted octanol–water partition coefficient (Wildman–Crippen LogP) is 8.24. The zero-order valence-electron chi connectivity index (χ0n) is 26.2. The van der Waals surface area contributed by atoms with Gasteiger partial charge in [-0.2, -0.15) is 0 Å². The van der Waals surface area contributed by atoms with E-state index in [1.165, 1.54) is 110 Å². The Kier molecular flexibility index (Phi) is 12.7. The van der Waals surface area contributed by atoms with E-state index in [4.69, 9.17) is 9.47 Å². The van der Waals surface area contributed by atoms with Crippen molar-refractivity contribution in [2.75, 3.05) is 34.9 Å². The number of hydrogen-bond donors (Lipinski definition) is 1. The minimum absolute atomic E-state index is 0.00302. The Labute approximate surface area is 247 Å². The van der Waals surface area contributed by atoms with Crippen molar-refractivity contribution in [3.8, 4) is 17.2 Å². The number of rotatable bonds is 19. The first-order valence-electron chi connectivity index (χ1n) is 15.8. The molecular formula is C35H52NO5+. The van der Waals surface area contributed by atoms with E-state index in [0.29, 0.717) is 17.1 Å². The maximum absolute atomic E-state index is 13.5. The number of unbranched alkanes of at least 4 members (excludes halogenated alkanes) is 13. The van der Waals surface area contributed by atoms with Gasteiger partial charge < -0.3 is 19.1 Å². The van der Waals surface area contributed by atoms with Crippen LogP contribution in [0.2, 0.25) is 0 Å². The Morgan fingerprint density at radius 1 is 0.659 bits per heavy atom. The summed E-state index contributed by atoms with van der Waals surface area (Å²) in [5.41, 5.74) is 1.65. The molecule has 0 amide bonds. The Balaban J connectivity index is 1.48. The number of nitrogens with zero attached hydrogens (tertiary/aromatic N) is 1. The fourth-order valence-electron chi connectivity index (χ4n) is 6.05.